The lowest BCUT2D eigenvalue weighted by Gasteiger charge is -2.30. The molecule has 0 bridgehead atoms. The van der Waals surface area contributed by atoms with Crippen LogP contribution in [0.15, 0.2) is 85.1 Å². The van der Waals surface area contributed by atoms with Crippen molar-refractivity contribution in [1.82, 2.24) is 33.4 Å². The molecule has 2 fully saturated rings. The lowest BCUT2D eigenvalue weighted by atomic mass is 9.98. The molecule has 11 heteroatoms. The number of nitrogens with two attached hydrogens (primary N) is 1. The second-order valence-corrected chi connectivity index (χ2v) is 12.6. The van der Waals surface area contributed by atoms with Gasteiger partial charge in [0.15, 0.2) is 11.5 Å². The molecule has 44 heavy (non-hydrogen) atoms. The van der Waals surface area contributed by atoms with Crippen molar-refractivity contribution in [1.29, 1.82) is 0 Å². The zero-order chi connectivity index (χ0) is 30.7. The minimum atomic E-state index is -3.45. The molecule has 10 nitrogen and oxygen atoms in total. The minimum Gasteiger partial charge on any atom is -0.383 e. The number of imidazole rings is 1. The Morgan fingerprint density at radius 1 is 0.841 bits per heavy atom. The molecule has 3 N–H and O–H groups in total. The molecular formula is C33H38N8O2S. The van der Waals surface area contributed by atoms with Crippen molar-refractivity contribution < 1.29 is 8.42 Å². The smallest absolute Gasteiger partial charge is 0.282 e. The van der Waals surface area contributed by atoms with E-state index in [9.17, 15) is 8.42 Å². The van der Waals surface area contributed by atoms with Crippen molar-refractivity contribution in [3.8, 4) is 28.3 Å². The van der Waals surface area contributed by atoms with Gasteiger partial charge in [-0.1, -0.05) is 56.3 Å². The van der Waals surface area contributed by atoms with E-state index in [-0.39, 0.29) is 5.92 Å². The highest BCUT2D eigenvalue weighted by molar-refractivity contribution is 7.86. The third-order valence-corrected chi connectivity index (χ3v) is 10.2. The monoisotopic (exact) mass is 610 g/mol. The van der Waals surface area contributed by atoms with Crippen LogP contribution in [0.5, 0.6) is 0 Å². The van der Waals surface area contributed by atoms with Crippen LogP contribution < -0.4 is 11.1 Å². The fraction of sp³-hybridized carbons (Fsp3) is 0.303. The van der Waals surface area contributed by atoms with E-state index in [2.05, 4.69) is 34.6 Å². The van der Waals surface area contributed by atoms with Gasteiger partial charge in [-0.3, -0.25) is 4.57 Å². The molecule has 1 atom stereocenters. The maximum absolute atomic E-state index is 13.2. The van der Waals surface area contributed by atoms with Crippen LogP contribution in [-0.2, 0) is 10.2 Å². The van der Waals surface area contributed by atoms with Gasteiger partial charge in [-0.25, -0.2) is 15.0 Å². The van der Waals surface area contributed by atoms with Gasteiger partial charge in [-0.05, 0) is 54.3 Å². The molecule has 0 amide bonds. The number of anilines is 1. The van der Waals surface area contributed by atoms with E-state index < -0.39 is 10.2 Å². The van der Waals surface area contributed by atoms with Gasteiger partial charge in [0.1, 0.15) is 11.3 Å². The second kappa shape index (κ2) is 12.8. The zero-order valence-electron chi connectivity index (χ0n) is 25.1. The topological polar surface area (TPSA) is 122 Å². The molecule has 0 saturated carbocycles. The van der Waals surface area contributed by atoms with Crippen molar-refractivity contribution in [3.63, 3.8) is 0 Å². The van der Waals surface area contributed by atoms with Crippen molar-refractivity contribution >= 4 is 27.2 Å². The lowest BCUT2D eigenvalue weighted by Crippen LogP contribution is -2.51. The molecule has 0 radical (unpaired) electrons. The average molecular weight is 611 g/mol. The lowest BCUT2D eigenvalue weighted by molar-refractivity contribution is 0.326. The summed E-state index contributed by atoms with van der Waals surface area (Å²) in [4.78, 5) is 14.3. The average Bonchev–Trinajstić information content (AvgIpc) is 3.73. The maximum atomic E-state index is 13.2. The van der Waals surface area contributed by atoms with Gasteiger partial charge in [-0.15, -0.1) is 0 Å². The summed E-state index contributed by atoms with van der Waals surface area (Å²) in [6, 6.07) is 26.1. The summed E-state index contributed by atoms with van der Waals surface area (Å²) >= 11 is 0. The Morgan fingerprint density at radius 2 is 1.59 bits per heavy atom. The number of nitrogens with zero attached hydrogens (tertiary/aromatic N) is 6. The number of nitrogens with one attached hydrogen (secondary N) is 1. The molecule has 2 aliphatic rings. The zero-order valence-corrected chi connectivity index (χ0v) is 25.9. The number of hydrogen-bond acceptors (Lipinski definition) is 7. The van der Waals surface area contributed by atoms with E-state index in [0.717, 1.165) is 45.7 Å². The third-order valence-electron chi connectivity index (χ3n) is 8.16. The van der Waals surface area contributed by atoms with Crippen LogP contribution in [0.1, 0.15) is 31.7 Å². The van der Waals surface area contributed by atoms with Gasteiger partial charge >= 0.3 is 0 Å². The predicted molar refractivity (Wildman–Crippen MR) is 176 cm³/mol. The largest absolute Gasteiger partial charge is 0.383 e. The van der Waals surface area contributed by atoms with Gasteiger partial charge in [0.05, 0.1) is 11.3 Å². The Balaban J connectivity index is 0.00000168. The Kier molecular flexibility index (Phi) is 8.72. The van der Waals surface area contributed by atoms with Crippen molar-refractivity contribution in [3.05, 3.63) is 90.6 Å². The fourth-order valence-electron chi connectivity index (χ4n) is 5.90. The standard InChI is InChI=1S/C31H32N8O2S.C2H6/c32-29-26(7-4-15-34-29)30-36-28-13-12-27(23-5-2-1-3-6-23)35-31(28)39(30)25-10-8-22(9-11-25)24-14-18-38(21-24)42(40,41)37-19-16-33-17-20-37;1-2/h1-13,15,24,33H,14,16-21H2,(H2,32,34);1-2H3. The molecule has 5 aromatic rings. The third kappa shape index (κ3) is 5.71. The van der Waals surface area contributed by atoms with Crippen LogP contribution in [0.2, 0.25) is 0 Å². The number of rotatable bonds is 6. The van der Waals surface area contributed by atoms with Gasteiger partial charge in [0, 0.05) is 56.7 Å². The molecule has 2 saturated heterocycles. The van der Waals surface area contributed by atoms with Crippen LogP contribution in [0.3, 0.4) is 0 Å². The van der Waals surface area contributed by atoms with Gasteiger partial charge in [0.25, 0.3) is 10.2 Å². The van der Waals surface area contributed by atoms with Crippen LogP contribution in [-0.4, -0.2) is 75.8 Å². The molecule has 228 valence electrons. The highest BCUT2D eigenvalue weighted by Crippen LogP contribution is 2.34. The molecule has 0 aliphatic carbocycles. The summed E-state index contributed by atoms with van der Waals surface area (Å²) in [5.74, 6) is 1.19. The number of fused-ring (bicyclic) bond motifs is 1. The Hall–Kier alpha value is -4.16. The van der Waals surface area contributed by atoms with Crippen molar-refractivity contribution in [2.45, 2.75) is 26.2 Å². The number of aromatic nitrogens is 4. The molecule has 2 aromatic carbocycles. The summed E-state index contributed by atoms with van der Waals surface area (Å²) < 4.78 is 31.7. The number of hydrogen-bond donors (Lipinski definition) is 2. The van der Waals surface area contributed by atoms with Gasteiger partial charge in [-0.2, -0.15) is 17.0 Å². The van der Waals surface area contributed by atoms with Crippen LogP contribution in [0, 0.1) is 0 Å². The SMILES string of the molecule is CC.Nc1ncccc1-c1nc2ccc(-c3ccccc3)nc2n1-c1ccc(C2CCN(S(=O)(=O)N3CCNCC3)C2)cc1. The van der Waals surface area contributed by atoms with Crippen molar-refractivity contribution in [2.24, 2.45) is 0 Å². The van der Waals surface area contributed by atoms with E-state index in [1.54, 1.807) is 14.8 Å². The summed E-state index contributed by atoms with van der Waals surface area (Å²) in [6.07, 6.45) is 2.46. The number of nitrogen functional groups attached to an aromatic ring is 1. The molecule has 7 rings (SSSR count). The van der Waals surface area contributed by atoms with Crippen molar-refractivity contribution in [2.75, 3.05) is 45.0 Å². The quantitative estimate of drug-likeness (QED) is 0.286. The maximum Gasteiger partial charge on any atom is 0.282 e. The van der Waals surface area contributed by atoms with E-state index in [1.165, 1.54) is 0 Å². The first-order chi connectivity index (χ1) is 21.5. The van der Waals surface area contributed by atoms with E-state index >= 15 is 0 Å². The van der Waals surface area contributed by atoms with E-state index in [1.807, 2.05) is 73.0 Å². The summed E-state index contributed by atoms with van der Waals surface area (Å²) in [5, 5.41) is 3.22. The van der Waals surface area contributed by atoms with Crippen LogP contribution in [0.4, 0.5) is 5.82 Å². The summed E-state index contributed by atoms with van der Waals surface area (Å²) in [7, 11) is -3.45. The molecular weight excluding hydrogens is 572 g/mol. The normalized spacial score (nSPS) is 17.8. The Labute approximate surface area is 258 Å². The highest BCUT2D eigenvalue weighted by Gasteiger charge is 2.36. The molecule has 3 aromatic heterocycles. The first-order valence-corrected chi connectivity index (χ1v) is 16.6. The van der Waals surface area contributed by atoms with Crippen LogP contribution in [0.25, 0.3) is 39.5 Å². The number of benzene rings is 2. The first kappa shape index (κ1) is 29.9. The number of piperazine rings is 1. The molecule has 0 spiro atoms. The summed E-state index contributed by atoms with van der Waals surface area (Å²) in [5.41, 5.74) is 12.4. The highest BCUT2D eigenvalue weighted by atomic mass is 32.2. The Bertz CT molecular complexity index is 1840. The predicted octanol–water partition coefficient (Wildman–Crippen LogP) is 4.70. The summed E-state index contributed by atoms with van der Waals surface area (Å²) in [6.45, 7) is 7.42. The fourth-order valence-corrected chi connectivity index (χ4v) is 7.58. The van der Waals surface area contributed by atoms with Gasteiger partial charge in [0.2, 0.25) is 0 Å². The first-order valence-electron chi connectivity index (χ1n) is 15.2. The van der Waals surface area contributed by atoms with E-state index in [4.69, 9.17) is 15.7 Å². The number of pyridine rings is 2. The minimum absolute atomic E-state index is 0.132. The molecule has 1 unspecified atom stereocenters. The molecule has 5 heterocycles. The second-order valence-electron chi connectivity index (χ2n) is 10.7. The molecule has 2 aliphatic heterocycles. The van der Waals surface area contributed by atoms with Gasteiger partial charge < -0.3 is 11.1 Å². The van der Waals surface area contributed by atoms with Crippen LogP contribution >= 0.6 is 0 Å². The Morgan fingerprint density at radius 3 is 2.32 bits per heavy atom. The van der Waals surface area contributed by atoms with E-state index in [0.29, 0.717) is 50.9 Å².